The monoisotopic (exact) mass is 261 g/mol. The normalized spacial score (nSPS) is 10.3. The van der Waals surface area contributed by atoms with E-state index in [0.29, 0.717) is 5.02 Å². The molecule has 0 aliphatic carbocycles. The van der Waals surface area contributed by atoms with Crippen molar-refractivity contribution >= 4 is 11.6 Å². The lowest BCUT2D eigenvalue weighted by Gasteiger charge is -2.08. The first kappa shape index (κ1) is 12.9. The molecule has 3 heteroatoms. The van der Waals surface area contributed by atoms with Crippen LogP contribution in [0.15, 0.2) is 48.5 Å². The average molecular weight is 262 g/mol. The Morgan fingerprint density at radius 2 is 1.83 bits per heavy atom. The van der Waals surface area contributed by atoms with Gasteiger partial charge >= 0.3 is 0 Å². The fourth-order valence-corrected chi connectivity index (χ4v) is 1.75. The van der Waals surface area contributed by atoms with Crippen molar-refractivity contribution in [3.05, 3.63) is 59.1 Å². The number of rotatable bonds is 5. The highest BCUT2D eigenvalue weighted by Crippen LogP contribution is 2.23. The molecule has 0 heterocycles. The highest BCUT2D eigenvalue weighted by atomic mass is 35.5. The summed E-state index contributed by atoms with van der Waals surface area (Å²) in [6.07, 6.45) is 0. The second kappa shape index (κ2) is 6.43. The summed E-state index contributed by atoms with van der Waals surface area (Å²) in [6, 6.07) is 15.4. The van der Waals surface area contributed by atoms with Gasteiger partial charge in [-0.25, -0.2) is 0 Å². The van der Waals surface area contributed by atoms with Crippen LogP contribution in [-0.4, -0.2) is 6.54 Å². The molecule has 0 atom stereocenters. The highest BCUT2D eigenvalue weighted by molar-refractivity contribution is 6.30. The molecule has 94 valence electrons. The number of nitrogens with one attached hydrogen (secondary N) is 1. The Morgan fingerprint density at radius 1 is 1.06 bits per heavy atom. The number of hydrogen-bond acceptors (Lipinski definition) is 2. The van der Waals surface area contributed by atoms with Crippen molar-refractivity contribution in [3.63, 3.8) is 0 Å². The molecular weight excluding hydrogens is 246 g/mol. The third-order valence-electron chi connectivity index (χ3n) is 2.53. The lowest BCUT2D eigenvalue weighted by molar-refractivity contribution is 0.481. The summed E-state index contributed by atoms with van der Waals surface area (Å²) >= 11 is 5.83. The van der Waals surface area contributed by atoms with E-state index >= 15 is 0 Å². The molecule has 0 fully saturated rings. The van der Waals surface area contributed by atoms with E-state index in [1.54, 1.807) is 0 Å². The smallest absolute Gasteiger partial charge is 0.127 e. The molecule has 0 saturated heterocycles. The minimum atomic E-state index is 0.711. The molecule has 2 aromatic carbocycles. The zero-order valence-electron chi connectivity index (χ0n) is 10.3. The quantitative estimate of drug-likeness (QED) is 0.869. The summed E-state index contributed by atoms with van der Waals surface area (Å²) in [5.41, 5.74) is 1.21. The van der Waals surface area contributed by atoms with Crippen molar-refractivity contribution in [1.82, 2.24) is 5.32 Å². The van der Waals surface area contributed by atoms with Gasteiger partial charge in [-0.3, -0.25) is 0 Å². The van der Waals surface area contributed by atoms with Gasteiger partial charge < -0.3 is 10.1 Å². The van der Waals surface area contributed by atoms with Crippen LogP contribution in [-0.2, 0) is 6.54 Å². The molecule has 0 aliphatic heterocycles. The van der Waals surface area contributed by atoms with Crippen molar-refractivity contribution in [2.45, 2.75) is 13.5 Å². The molecule has 1 N–H and O–H groups in total. The predicted molar refractivity (Wildman–Crippen MR) is 75.3 cm³/mol. The van der Waals surface area contributed by atoms with E-state index in [0.717, 1.165) is 24.6 Å². The largest absolute Gasteiger partial charge is 0.457 e. The van der Waals surface area contributed by atoms with Crippen molar-refractivity contribution < 1.29 is 4.74 Å². The lowest BCUT2D eigenvalue weighted by atomic mass is 10.2. The average Bonchev–Trinajstić information content (AvgIpc) is 2.40. The van der Waals surface area contributed by atoms with Gasteiger partial charge in [0.25, 0.3) is 0 Å². The maximum Gasteiger partial charge on any atom is 0.127 e. The summed E-state index contributed by atoms with van der Waals surface area (Å²) in [4.78, 5) is 0. The number of ether oxygens (including phenoxy) is 1. The van der Waals surface area contributed by atoms with Gasteiger partial charge in [-0.15, -0.1) is 0 Å². The maximum atomic E-state index is 5.83. The van der Waals surface area contributed by atoms with E-state index in [1.165, 1.54) is 5.56 Å². The Balaban J connectivity index is 2.06. The van der Waals surface area contributed by atoms with Crippen molar-refractivity contribution in [2.24, 2.45) is 0 Å². The minimum Gasteiger partial charge on any atom is -0.457 e. The van der Waals surface area contributed by atoms with Crippen LogP contribution >= 0.6 is 11.6 Å². The standard InChI is InChI=1S/C15H16ClNO/c1-2-17-11-12-4-3-5-15(10-12)18-14-8-6-13(16)7-9-14/h3-10,17H,2,11H2,1H3. The van der Waals surface area contributed by atoms with Gasteiger partial charge in [-0.1, -0.05) is 30.7 Å². The zero-order valence-corrected chi connectivity index (χ0v) is 11.1. The van der Waals surface area contributed by atoms with E-state index in [2.05, 4.69) is 18.3 Å². The molecule has 2 aromatic rings. The molecule has 0 bridgehead atoms. The van der Waals surface area contributed by atoms with Crippen molar-refractivity contribution in [3.8, 4) is 11.5 Å². The van der Waals surface area contributed by atoms with Gasteiger partial charge in [-0.05, 0) is 48.5 Å². The molecule has 0 saturated carbocycles. The first-order valence-corrected chi connectivity index (χ1v) is 6.39. The van der Waals surface area contributed by atoms with Crippen LogP contribution in [0.3, 0.4) is 0 Å². The Bertz CT molecular complexity index is 496. The van der Waals surface area contributed by atoms with E-state index < -0.39 is 0 Å². The maximum absolute atomic E-state index is 5.83. The molecule has 2 rings (SSSR count). The Labute approximate surface area is 113 Å². The molecule has 2 nitrogen and oxygen atoms in total. The Hall–Kier alpha value is -1.51. The zero-order chi connectivity index (χ0) is 12.8. The first-order valence-electron chi connectivity index (χ1n) is 6.01. The Kier molecular flexibility index (Phi) is 4.62. The molecule has 18 heavy (non-hydrogen) atoms. The molecule has 0 amide bonds. The molecule has 0 unspecified atom stereocenters. The molecule has 0 radical (unpaired) electrons. The van der Waals surface area contributed by atoms with E-state index in [-0.39, 0.29) is 0 Å². The Morgan fingerprint density at radius 3 is 2.56 bits per heavy atom. The SMILES string of the molecule is CCNCc1cccc(Oc2ccc(Cl)cc2)c1. The summed E-state index contributed by atoms with van der Waals surface area (Å²) in [6.45, 7) is 3.91. The summed E-state index contributed by atoms with van der Waals surface area (Å²) < 4.78 is 5.77. The van der Waals surface area contributed by atoms with Gasteiger partial charge in [0.15, 0.2) is 0 Å². The second-order valence-electron chi connectivity index (χ2n) is 3.98. The highest BCUT2D eigenvalue weighted by Gasteiger charge is 1.99. The minimum absolute atomic E-state index is 0.711. The topological polar surface area (TPSA) is 21.3 Å². The molecule has 0 spiro atoms. The number of benzene rings is 2. The third-order valence-corrected chi connectivity index (χ3v) is 2.78. The van der Waals surface area contributed by atoms with Crippen LogP contribution in [0.1, 0.15) is 12.5 Å². The molecule has 0 aliphatic rings. The summed E-state index contributed by atoms with van der Waals surface area (Å²) in [5, 5.41) is 4.00. The number of halogens is 1. The van der Waals surface area contributed by atoms with Crippen molar-refractivity contribution in [1.29, 1.82) is 0 Å². The fourth-order valence-electron chi connectivity index (χ4n) is 1.63. The van der Waals surface area contributed by atoms with Gasteiger partial charge in [0.2, 0.25) is 0 Å². The summed E-state index contributed by atoms with van der Waals surface area (Å²) in [5.74, 6) is 1.63. The predicted octanol–water partition coefficient (Wildman–Crippen LogP) is 4.24. The van der Waals surface area contributed by atoms with Crippen molar-refractivity contribution in [2.75, 3.05) is 6.54 Å². The van der Waals surface area contributed by atoms with Gasteiger partial charge in [-0.2, -0.15) is 0 Å². The second-order valence-corrected chi connectivity index (χ2v) is 4.42. The lowest BCUT2D eigenvalue weighted by Crippen LogP contribution is -2.11. The third kappa shape index (κ3) is 3.76. The van der Waals surface area contributed by atoms with E-state index in [1.807, 2.05) is 42.5 Å². The van der Waals surface area contributed by atoms with Crippen LogP contribution in [0.4, 0.5) is 0 Å². The van der Waals surface area contributed by atoms with Gasteiger partial charge in [0, 0.05) is 11.6 Å². The van der Waals surface area contributed by atoms with Crippen LogP contribution in [0.2, 0.25) is 5.02 Å². The fraction of sp³-hybridized carbons (Fsp3) is 0.200. The van der Waals surface area contributed by atoms with Crippen LogP contribution in [0.25, 0.3) is 0 Å². The van der Waals surface area contributed by atoms with Gasteiger partial charge in [0.05, 0.1) is 0 Å². The summed E-state index contributed by atoms with van der Waals surface area (Å²) in [7, 11) is 0. The van der Waals surface area contributed by atoms with Crippen LogP contribution in [0, 0.1) is 0 Å². The van der Waals surface area contributed by atoms with Crippen LogP contribution in [0.5, 0.6) is 11.5 Å². The van der Waals surface area contributed by atoms with Crippen LogP contribution < -0.4 is 10.1 Å². The molecule has 0 aromatic heterocycles. The van der Waals surface area contributed by atoms with E-state index in [9.17, 15) is 0 Å². The first-order chi connectivity index (χ1) is 8.78. The number of hydrogen-bond donors (Lipinski definition) is 1. The van der Waals surface area contributed by atoms with E-state index in [4.69, 9.17) is 16.3 Å². The van der Waals surface area contributed by atoms with Gasteiger partial charge in [0.1, 0.15) is 11.5 Å². The molecular formula is C15H16ClNO.